The second-order valence-corrected chi connectivity index (χ2v) is 12.2. The number of ketones is 2. The highest BCUT2D eigenvalue weighted by molar-refractivity contribution is 9.11. The van der Waals surface area contributed by atoms with Gasteiger partial charge in [-0.15, -0.1) is 0 Å². The normalized spacial score (nSPS) is 22.3. The van der Waals surface area contributed by atoms with Crippen molar-refractivity contribution >= 4 is 43.4 Å². The van der Waals surface area contributed by atoms with Crippen LogP contribution in [-0.2, 0) is 14.3 Å². The van der Waals surface area contributed by atoms with E-state index in [2.05, 4.69) is 66.1 Å². The Balaban J connectivity index is 1.90. The Kier molecular flexibility index (Phi) is 6.08. The van der Waals surface area contributed by atoms with Crippen molar-refractivity contribution in [2.45, 2.75) is 59.3 Å². The molecular formula is C26H28Br2O4. The fraction of sp³-hybridized carbons (Fsp3) is 0.462. The van der Waals surface area contributed by atoms with Crippen LogP contribution >= 0.6 is 31.9 Å². The van der Waals surface area contributed by atoms with Gasteiger partial charge >= 0.3 is 0 Å². The molecule has 0 amide bonds. The number of hydrogen-bond donors (Lipinski definition) is 0. The van der Waals surface area contributed by atoms with E-state index in [1.807, 2.05) is 12.1 Å². The summed E-state index contributed by atoms with van der Waals surface area (Å²) in [6.45, 7) is 12.4. The number of rotatable bonds is 4. The topological polar surface area (TPSA) is 52.6 Å². The lowest BCUT2D eigenvalue weighted by molar-refractivity contribution is -0.120. The molecule has 0 fully saturated rings. The van der Waals surface area contributed by atoms with Gasteiger partial charge < -0.3 is 9.47 Å². The molecule has 0 saturated carbocycles. The maximum absolute atomic E-state index is 13.4. The van der Waals surface area contributed by atoms with Crippen molar-refractivity contribution in [3.8, 4) is 5.75 Å². The number of allylic oxidation sites excluding steroid dienone is 4. The second kappa shape index (κ2) is 8.28. The van der Waals surface area contributed by atoms with Crippen LogP contribution in [0.3, 0.4) is 0 Å². The fourth-order valence-electron chi connectivity index (χ4n) is 5.03. The first kappa shape index (κ1) is 23.5. The number of benzene rings is 1. The molecule has 1 heterocycles. The summed E-state index contributed by atoms with van der Waals surface area (Å²) in [6.07, 6.45) is 3.93. The molecule has 0 unspecified atom stereocenters. The summed E-state index contributed by atoms with van der Waals surface area (Å²) in [7, 11) is 0. The van der Waals surface area contributed by atoms with Crippen molar-refractivity contribution in [2.75, 3.05) is 6.61 Å². The summed E-state index contributed by atoms with van der Waals surface area (Å²) in [5, 5.41) is 0. The molecule has 2 aliphatic carbocycles. The molecule has 0 N–H and O–H groups in total. The van der Waals surface area contributed by atoms with Crippen LogP contribution in [0.2, 0.25) is 0 Å². The Morgan fingerprint density at radius 3 is 1.88 bits per heavy atom. The Morgan fingerprint density at radius 1 is 0.969 bits per heavy atom. The molecule has 0 spiro atoms. The van der Waals surface area contributed by atoms with Gasteiger partial charge in [0.1, 0.15) is 23.9 Å². The monoisotopic (exact) mass is 562 g/mol. The van der Waals surface area contributed by atoms with E-state index in [1.165, 1.54) is 0 Å². The van der Waals surface area contributed by atoms with Crippen LogP contribution in [0.15, 0.2) is 56.4 Å². The smallest absolute Gasteiger partial charge is 0.163 e. The van der Waals surface area contributed by atoms with Crippen LogP contribution in [0, 0.1) is 10.8 Å². The summed E-state index contributed by atoms with van der Waals surface area (Å²) in [4.78, 5) is 26.8. The molecule has 0 atom stereocenters. The van der Waals surface area contributed by atoms with Crippen LogP contribution in [0.5, 0.6) is 5.75 Å². The van der Waals surface area contributed by atoms with Crippen molar-refractivity contribution in [3.05, 3.63) is 62.0 Å². The standard InChI is InChI=1S/C26H28Br2O4/c1-6-7-31-24-15(27)8-14(9-16(24)28)21-22-17(29)10-25(2,3)12-19(22)32-20-13-26(4,5)11-18(30)23(20)21/h6,8-9,21H,1,7,10-13H2,2-5H3. The molecule has 4 rings (SSSR count). The lowest BCUT2D eigenvalue weighted by Gasteiger charge is -2.42. The maximum Gasteiger partial charge on any atom is 0.163 e. The van der Waals surface area contributed by atoms with E-state index in [4.69, 9.17) is 9.47 Å². The third-order valence-electron chi connectivity index (χ3n) is 6.28. The molecular weight excluding hydrogens is 536 g/mol. The zero-order chi connectivity index (χ0) is 23.4. The molecule has 3 aliphatic rings. The predicted octanol–water partition coefficient (Wildman–Crippen LogP) is 7.18. The molecule has 0 radical (unpaired) electrons. The van der Waals surface area contributed by atoms with Gasteiger partial charge in [0.2, 0.25) is 0 Å². The molecule has 1 aliphatic heterocycles. The van der Waals surface area contributed by atoms with Gasteiger partial charge in [0, 0.05) is 42.7 Å². The number of Topliss-reactive ketones (excluding diaryl/α,β-unsaturated/α-hetero) is 2. The zero-order valence-electron chi connectivity index (χ0n) is 18.9. The van der Waals surface area contributed by atoms with Gasteiger partial charge in [-0.2, -0.15) is 0 Å². The summed E-state index contributed by atoms with van der Waals surface area (Å²) >= 11 is 7.23. The van der Waals surface area contributed by atoms with E-state index in [9.17, 15) is 9.59 Å². The van der Waals surface area contributed by atoms with Crippen molar-refractivity contribution in [2.24, 2.45) is 10.8 Å². The van der Waals surface area contributed by atoms with Crippen molar-refractivity contribution < 1.29 is 19.1 Å². The number of hydrogen-bond acceptors (Lipinski definition) is 4. The first-order chi connectivity index (χ1) is 14.9. The third-order valence-corrected chi connectivity index (χ3v) is 7.46. The molecule has 1 aromatic carbocycles. The Labute approximate surface area is 206 Å². The number of carbonyl (C=O) groups excluding carboxylic acids is 2. The van der Waals surface area contributed by atoms with Crippen molar-refractivity contribution in [3.63, 3.8) is 0 Å². The molecule has 1 aromatic rings. The molecule has 6 heteroatoms. The summed E-state index contributed by atoms with van der Waals surface area (Å²) < 4.78 is 13.6. The molecule has 0 bridgehead atoms. The van der Waals surface area contributed by atoms with E-state index in [-0.39, 0.29) is 22.4 Å². The number of ether oxygens (including phenoxy) is 2. The number of carbonyl (C=O) groups is 2. The largest absolute Gasteiger partial charge is 0.487 e. The summed E-state index contributed by atoms with van der Waals surface area (Å²) in [5.41, 5.74) is 1.80. The van der Waals surface area contributed by atoms with Gasteiger partial charge in [0.25, 0.3) is 0 Å². The maximum atomic E-state index is 13.4. The first-order valence-corrected chi connectivity index (χ1v) is 12.4. The zero-order valence-corrected chi connectivity index (χ0v) is 22.1. The average molecular weight is 564 g/mol. The fourth-order valence-corrected chi connectivity index (χ4v) is 6.49. The van der Waals surface area contributed by atoms with Gasteiger partial charge in [-0.1, -0.05) is 40.3 Å². The SMILES string of the molecule is C=CCOc1c(Br)cc(C2C3=C(CC(C)(C)CC3=O)OC3=C2C(=O)CC(C)(C)C3)cc1Br. The minimum Gasteiger partial charge on any atom is -0.487 e. The van der Waals surface area contributed by atoms with Gasteiger partial charge in [-0.3, -0.25) is 9.59 Å². The third kappa shape index (κ3) is 4.28. The van der Waals surface area contributed by atoms with Crippen molar-refractivity contribution in [1.29, 1.82) is 0 Å². The van der Waals surface area contributed by atoms with E-state index in [1.54, 1.807) is 6.08 Å². The highest BCUT2D eigenvalue weighted by atomic mass is 79.9. The lowest BCUT2D eigenvalue weighted by Crippen LogP contribution is -2.37. The van der Waals surface area contributed by atoms with Crippen LogP contribution in [0.25, 0.3) is 0 Å². The quantitative estimate of drug-likeness (QED) is 0.364. The molecule has 170 valence electrons. The van der Waals surface area contributed by atoms with Crippen LogP contribution in [-0.4, -0.2) is 18.2 Å². The van der Waals surface area contributed by atoms with Crippen LogP contribution in [0.4, 0.5) is 0 Å². The van der Waals surface area contributed by atoms with Crippen LogP contribution < -0.4 is 4.74 Å². The number of halogens is 2. The van der Waals surface area contributed by atoms with Crippen molar-refractivity contribution in [1.82, 2.24) is 0 Å². The van der Waals surface area contributed by atoms with E-state index in [0.29, 0.717) is 49.2 Å². The summed E-state index contributed by atoms with van der Waals surface area (Å²) in [5.74, 6) is 1.80. The molecule has 0 saturated heterocycles. The van der Waals surface area contributed by atoms with E-state index in [0.717, 1.165) is 26.0 Å². The molecule has 32 heavy (non-hydrogen) atoms. The Hall–Kier alpha value is -1.66. The van der Waals surface area contributed by atoms with Gasteiger partial charge in [-0.25, -0.2) is 0 Å². The van der Waals surface area contributed by atoms with Gasteiger partial charge in [-0.05, 0) is 60.4 Å². The minimum atomic E-state index is -0.429. The van der Waals surface area contributed by atoms with E-state index >= 15 is 0 Å². The average Bonchev–Trinajstić information content (AvgIpc) is 2.63. The Bertz CT molecular complexity index is 1020. The second-order valence-electron chi connectivity index (χ2n) is 10.5. The van der Waals surface area contributed by atoms with Gasteiger partial charge in [0.05, 0.1) is 8.95 Å². The van der Waals surface area contributed by atoms with Gasteiger partial charge in [0.15, 0.2) is 11.6 Å². The summed E-state index contributed by atoms with van der Waals surface area (Å²) in [6, 6.07) is 3.91. The Morgan fingerprint density at radius 2 is 1.44 bits per heavy atom. The minimum absolute atomic E-state index is 0.0599. The highest BCUT2D eigenvalue weighted by Gasteiger charge is 2.48. The first-order valence-electron chi connectivity index (χ1n) is 10.9. The molecule has 0 aromatic heterocycles. The predicted molar refractivity (Wildman–Crippen MR) is 131 cm³/mol. The highest BCUT2D eigenvalue weighted by Crippen LogP contribution is 2.54. The van der Waals surface area contributed by atoms with E-state index < -0.39 is 5.92 Å². The lowest BCUT2D eigenvalue weighted by atomic mass is 9.65. The van der Waals surface area contributed by atoms with Crippen LogP contribution in [0.1, 0.15) is 64.9 Å². The molecule has 4 nitrogen and oxygen atoms in total.